The van der Waals surface area contributed by atoms with Gasteiger partial charge in [-0.15, -0.1) is 0 Å². The summed E-state index contributed by atoms with van der Waals surface area (Å²) in [7, 11) is 2.16. The second-order valence-corrected chi connectivity index (χ2v) is 4.83. The lowest BCUT2D eigenvalue weighted by Gasteiger charge is -2.15. The highest BCUT2D eigenvalue weighted by molar-refractivity contribution is 7.80. The molecule has 1 N–H and O–H groups in total. The first-order chi connectivity index (χ1) is 8.29. The van der Waals surface area contributed by atoms with E-state index in [9.17, 15) is 0 Å². The normalized spacial score (nSPS) is 11.5. The summed E-state index contributed by atoms with van der Waals surface area (Å²) in [4.78, 5) is 9.72. The summed E-state index contributed by atoms with van der Waals surface area (Å²) in [6.07, 6.45) is 3.98. The Balaban J connectivity index is 1.89. The molecule has 0 aliphatic rings. The van der Waals surface area contributed by atoms with Crippen molar-refractivity contribution in [2.45, 2.75) is 12.8 Å². The summed E-state index contributed by atoms with van der Waals surface area (Å²) in [6.45, 7) is 2.21. The number of benzene rings is 1. The number of thiol groups is 1. The van der Waals surface area contributed by atoms with E-state index in [1.807, 2.05) is 0 Å². The predicted octanol–water partition coefficient (Wildman–Crippen LogP) is 2.36. The van der Waals surface area contributed by atoms with Crippen LogP contribution in [0.15, 0.2) is 24.5 Å². The van der Waals surface area contributed by atoms with Crippen molar-refractivity contribution < 1.29 is 0 Å². The van der Waals surface area contributed by atoms with Crippen LogP contribution in [-0.2, 0) is 6.42 Å². The standard InChI is InChI=1S/C13H19N3S/c1-16(6-2-8-17)7-5-11-3-4-12-13(9-11)15-10-14-12/h3-4,9-10,17H,2,5-8H2,1H3,(H,14,15). The van der Waals surface area contributed by atoms with E-state index in [-0.39, 0.29) is 0 Å². The van der Waals surface area contributed by atoms with Gasteiger partial charge in [0.05, 0.1) is 17.4 Å². The van der Waals surface area contributed by atoms with Crippen LogP contribution >= 0.6 is 12.6 Å². The van der Waals surface area contributed by atoms with Crippen LogP contribution < -0.4 is 0 Å². The zero-order valence-electron chi connectivity index (χ0n) is 10.2. The second-order valence-electron chi connectivity index (χ2n) is 4.38. The average molecular weight is 249 g/mol. The Morgan fingerprint density at radius 2 is 2.24 bits per heavy atom. The lowest BCUT2D eigenvalue weighted by molar-refractivity contribution is 0.340. The summed E-state index contributed by atoms with van der Waals surface area (Å²) in [5, 5.41) is 0. The number of nitrogens with zero attached hydrogens (tertiary/aromatic N) is 2. The van der Waals surface area contributed by atoms with E-state index in [1.54, 1.807) is 6.33 Å². The number of nitrogens with one attached hydrogen (secondary N) is 1. The van der Waals surface area contributed by atoms with Crippen LogP contribution in [0.3, 0.4) is 0 Å². The van der Waals surface area contributed by atoms with E-state index in [1.165, 1.54) is 5.56 Å². The van der Waals surface area contributed by atoms with E-state index < -0.39 is 0 Å². The summed E-state index contributed by atoms with van der Waals surface area (Å²) in [6, 6.07) is 6.43. The smallest absolute Gasteiger partial charge is 0.0931 e. The third-order valence-corrected chi connectivity index (χ3v) is 3.28. The summed E-state index contributed by atoms with van der Waals surface area (Å²) >= 11 is 4.23. The van der Waals surface area contributed by atoms with Crippen molar-refractivity contribution in [1.29, 1.82) is 0 Å². The highest BCUT2D eigenvalue weighted by Gasteiger charge is 2.01. The minimum absolute atomic E-state index is 0.963. The van der Waals surface area contributed by atoms with Crippen molar-refractivity contribution in [2.75, 3.05) is 25.9 Å². The Hall–Kier alpha value is -1.00. The highest BCUT2D eigenvalue weighted by atomic mass is 32.1. The number of hydrogen-bond acceptors (Lipinski definition) is 3. The fourth-order valence-electron chi connectivity index (χ4n) is 1.91. The molecule has 17 heavy (non-hydrogen) atoms. The van der Waals surface area contributed by atoms with E-state index in [0.29, 0.717) is 0 Å². The van der Waals surface area contributed by atoms with Crippen LogP contribution in [0.4, 0.5) is 0 Å². The maximum atomic E-state index is 4.23. The molecule has 0 atom stereocenters. The first-order valence-electron chi connectivity index (χ1n) is 6.01. The molecule has 0 aliphatic carbocycles. The first-order valence-corrected chi connectivity index (χ1v) is 6.64. The van der Waals surface area contributed by atoms with Crippen molar-refractivity contribution in [1.82, 2.24) is 14.9 Å². The molecule has 92 valence electrons. The summed E-state index contributed by atoms with van der Waals surface area (Å²) in [5.74, 6) is 0.963. The van der Waals surface area contributed by atoms with E-state index in [2.05, 4.69) is 52.7 Å². The van der Waals surface area contributed by atoms with Crippen LogP contribution in [0.1, 0.15) is 12.0 Å². The highest BCUT2D eigenvalue weighted by Crippen LogP contribution is 2.12. The zero-order chi connectivity index (χ0) is 12.1. The molecular formula is C13H19N3S. The van der Waals surface area contributed by atoms with Crippen LogP contribution in [0.25, 0.3) is 11.0 Å². The number of likely N-dealkylation sites (N-methyl/N-ethyl adjacent to an activating group) is 1. The van der Waals surface area contributed by atoms with Crippen molar-refractivity contribution in [3.63, 3.8) is 0 Å². The zero-order valence-corrected chi connectivity index (χ0v) is 11.1. The topological polar surface area (TPSA) is 31.9 Å². The first kappa shape index (κ1) is 12.5. The van der Waals surface area contributed by atoms with Crippen molar-refractivity contribution in [3.05, 3.63) is 30.1 Å². The molecule has 0 fully saturated rings. The number of hydrogen-bond donors (Lipinski definition) is 2. The molecule has 0 aliphatic heterocycles. The molecule has 0 saturated heterocycles. The largest absolute Gasteiger partial charge is 0.345 e. The third kappa shape index (κ3) is 3.48. The molecule has 0 bridgehead atoms. The molecule has 2 aromatic rings. The average Bonchev–Trinajstić information content (AvgIpc) is 2.81. The Kier molecular flexibility index (Phi) is 4.45. The molecule has 0 amide bonds. The number of fused-ring (bicyclic) bond motifs is 1. The lowest BCUT2D eigenvalue weighted by atomic mass is 10.1. The van der Waals surface area contributed by atoms with Crippen LogP contribution in [0, 0.1) is 0 Å². The quantitative estimate of drug-likeness (QED) is 0.770. The Morgan fingerprint density at radius 1 is 1.35 bits per heavy atom. The maximum absolute atomic E-state index is 4.23. The molecule has 1 heterocycles. The van der Waals surface area contributed by atoms with Gasteiger partial charge in [0.25, 0.3) is 0 Å². The Labute approximate surface area is 108 Å². The Morgan fingerprint density at radius 3 is 3.06 bits per heavy atom. The van der Waals surface area contributed by atoms with Gasteiger partial charge in [0.1, 0.15) is 0 Å². The van der Waals surface area contributed by atoms with Crippen LogP contribution in [0.5, 0.6) is 0 Å². The molecule has 2 rings (SSSR count). The number of H-pyrrole nitrogens is 1. The number of aromatic amines is 1. The molecule has 1 aromatic heterocycles. The minimum Gasteiger partial charge on any atom is -0.345 e. The van der Waals surface area contributed by atoms with Crippen LogP contribution in [0.2, 0.25) is 0 Å². The van der Waals surface area contributed by atoms with Gasteiger partial charge in [0.15, 0.2) is 0 Å². The van der Waals surface area contributed by atoms with Gasteiger partial charge in [0, 0.05) is 6.54 Å². The van der Waals surface area contributed by atoms with E-state index >= 15 is 0 Å². The van der Waals surface area contributed by atoms with Crippen LogP contribution in [-0.4, -0.2) is 40.8 Å². The van der Waals surface area contributed by atoms with Gasteiger partial charge in [-0.2, -0.15) is 12.6 Å². The van der Waals surface area contributed by atoms with Gasteiger partial charge in [-0.05, 0) is 49.9 Å². The Bertz CT molecular complexity index is 466. The fraction of sp³-hybridized carbons (Fsp3) is 0.462. The fourth-order valence-corrected chi connectivity index (χ4v) is 2.05. The third-order valence-electron chi connectivity index (χ3n) is 2.96. The van der Waals surface area contributed by atoms with Crippen molar-refractivity contribution in [3.8, 4) is 0 Å². The van der Waals surface area contributed by atoms with Gasteiger partial charge in [0.2, 0.25) is 0 Å². The SMILES string of the molecule is CN(CCCS)CCc1ccc2nc[nH]c2c1. The van der Waals surface area contributed by atoms with Gasteiger partial charge in [-0.3, -0.25) is 0 Å². The van der Waals surface area contributed by atoms with Gasteiger partial charge in [-0.1, -0.05) is 6.07 Å². The van der Waals surface area contributed by atoms with Gasteiger partial charge in [-0.25, -0.2) is 4.98 Å². The molecule has 1 aromatic carbocycles. The molecule has 3 nitrogen and oxygen atoms in total. The lowest BCUT2D eigenvalue weighted by Crippen LogP contribution is -2.22. The maximum Gasteiger partial charge on any atom is 0.0931 e. The molecule has 0 radical (unpaired) electrons. The van der Waals surface area contributed by atoms with Gasteiger partial charge < -0.3 is 9.88 Å². The second kappa shape index (κ2) is 6.07. The van der Waals surface area contributed by atoms with E-state index in [0.717, 1.165) is 42.7 Å². The molecule has 0 spiro atoms. The molecule has 4 heteroatoms. The van der Waals surface area contributed by atoms with E-state index in [4.69, 9.17) is 0 Å². The number of imidazole rings is 1. The monoisotopic (exact) mass is 249 g/mol. The van der Waals surface area contributed by atoms with Gasteiger partial charge >= 0.3 is 0 Å². The predicted molar refractivity (Wildman–Crippen MR) is 75.8 cm³/mol. The molecular weight excluding hydrogens is 230 g/mol. The molecule has 0 unspecified atom stereocenters. The number of aromatic nitrogens is 2. The number of rotatable bonds is 6. The minimum atomic E-state index is 0.963. The summed E-state index contributed by atoms with van der Waals surface area (Å²) < 4.78 is 0. The van der Waals surface area contributed by atoms with Crippen molar-refractivity contribution >= 4 is 23.7 Å². The van der Waals surface area contributed by atoms with Crippen molar-refractivity contribution in [2.24, 2.45) is 0 Å². The molecule has 0 saturated carbocycles. The summed E-state index contributed by atoms with van der Waals surface area (Å²) in [5.41, 5.74) is 3.53.